The molecule has 0 saturated heterocycles. The van der Waals surface area contributed by atoms with Crippen molar-refractivity contribution in [3.05, 3.63) is 0 Å². The summed E-state index contributed by atoms with van der Waals surface area (Å²) < 4.78 is 21.1. The van der Waals surface area contributed by atoms with Crippen LogP contribution >= 0.6 is 0 Å². The summed E-state index contributed by atoms with van der Waals surface area (Å²) in [6.45, 7) is 8.20. The van der Waals surface area contributed by atoms with Crippen molar-refractivity contribution in [2.24, 2.45) is 0 Å². The molecule has 0 atom stereocenters. The summed E-state index contributed by atoms with van der Waals surface area (Å²) in [4.78, 5) is 50.2. The number of hydrogen-bond donors (Lipinski definition) is 0. The SMILES string of the molecule is CCCCOC(=O)CC(CC(=O)OCCCC)(OC(=O)CCCC)C(=O)OCCCC. The lowest BCUT2D eigenvalue weighted by molar-refractivity contribution is -0.191. The molecule has 0 spiro atoms. The second-order valence-corrected chi connectivity index (χ2v) is 7.56. The van der Waals surface area contributed by atoms with Gasteiger partial charge in [0.2, 0.25) is 5.60 Å². The summed E-state index contributed by atoms with van der Waals surface area (Å²) in [5.41, 5.74) is -2.09. The number of unbranched alkanes of at least 4 members (excludes halogenated alkanes) is 4. The van der Waals surface area contributed by atoms with E-state index in [9.17, 15) is 19.2 Å². The summed E-state index contributed by atoms with van der Waals surface area (Å²) in [6, 6.07) is 0. The molecule has 0 heterocycles. The zero-order valence-corrected chi connectivity index (χ0v) is 19.7. The molecule has 0 rings (SSSR count). The molecule has 0 unspecified atom stereocenters. The molecule has 0 aromatic heterocycles. The fourth-order valence-electron chi connectivity index (χ4n) is 2.58. The van der Waals surface area contributed by atoms with Crippen molar-refractivity contribution in [2.75, 3.05) is 19.8 Å². The van der Waals surface area contributed by atoms with Gasteiger partial charge >= 0.3 is 23.9 Å². The summed E-state index contributed by atoms with van der Waals surface area (Å²) >= 11 is 0. The highest BCUT2D eigenvalue weighted by Crippen LogP contribution is 2.26. The van der Waals surface area contributed by atoms with Crippen LogP contribution in [-0.4, -0.2) is 49.3 Å². The fourth-order valence-corrected chi connectivity index (χ4v) is 2.58. The Hall–Kier alpha value is -2.12. The Labute approximate surface area is 186 Å². The van der Waals surface area contributed by atoms with Gasteiger partial charge in [0.05, 0.1) is 32.7 Å². The molecule has 0 aliphatic rings. The molecule has 0 aromatic carbocycles. The van der Waals surface area contributed by atoms with Gasteiger partial charge in [0, 0.05) is 6.42 Å². The van der Waals surface area contributed by atoms with Gasteiger partial charge in [0.25, 0.3) is 0 Å². The minimum Gasteiger partial charge on any atom is -0.466 e. The molecule has 0 aromatic rings. The number of esters is 4. The van der Waals surface area contributed by atoms with Gasteiger partial charge in [-0.2, -0.15) is 0 Å². The molecule has 8 nitrogen and oxygen atoms in total. The molecule has 0 amide bonds. The predicted molar refractivity (Wildman–Crippen MR) is 115 cm³/mol. The van der Waals surface area contributed by atoms with E-state index in [-0.39, 0.29) is 26.2 Å². The molecule has 0 bridgehead atoms. The maximum atomic E-state index is 13.0. The van der Waals surface area contributed by atoms with Crippen LogP contribution in [0.2, 0.25) is 0 Å². The molecular weight excluding hydrogens is 404 g/mol. The van der Waals surface area contributed by atoms with Crippen molar-refractivity contribution >= 4 is 23.9 Å². The van der Waals surface area contributed by atoms with Crippen LogP contribution in [0.5, 0.6) is 0 Å². The Balaban J connectivity index is 5.64. The van der Waals surface area contributed by atoms with E-state index in [0.717, 1.165) is 25.7 Å². The third kappa shape index (κ3) is 13.0. The Morgan fingerprint density at radius 1 is 0.581 bits per heavy atom. The Kier molecular flexibility index (Phi) is 16.3. The van der Waals surface area contributed by atoms with Crippen molar-refractivity contribution in [1.82, 2.24) is 0 Å². The van der Waals surface area contributed by atoms with E-state index >= 15 is 0 Å². The lowest BCUT2D eigenvalue weighted by Crippen LogP contribution is -2.48. The second kappa shape index (κ2) is 17.5. The average molecular weight is 445 g/mol. The third-order valence-electron chi connectivity index (χ3n) is 4.53. The van der Waals surface area contributed by atoms with E-state index in [0.29, 0.717) is 25.7 Å². The highest BCUT2D eigenvalue weighted by molar-refractivity contribution is 5.92. The van der Waals surface area contributed by atoms with Crippen molar-refractivity contribution in [1.29, 1.82) is 0 Å². The zero-order chi connectivity index (χ0) is 23.5. The first kappa shape index (κ1) is 28.9. The first-order valence-corrected chi connectivity index (χ1v) is 11.5. The number of rotatable bonds is 18. The molecular formula is C23H40O8. The molecule has 0 aliphatic heterocycles. The summed E-state index contributed by atoms with van der Waals surface area (Å²) in [6.07, 6.45) is 4.55. The average Bonchev–Trinajstić information content (AvgIpc) is 2.72. The van der Waals surface area contributed by atoms with E-state index in [2.05, 4.69) is 0 Å². The van der Waals surface area contributed by atoms with Crippen molar-refractivity contribution < 1.29 is 38.1 Å². The van der Waals surface area contributed by atoms with E-state index in [1.807, 2.05) is 27.7 Å². The highest BCUT2D eigenvalue weighted by Gasteiger charge is 2.49. The largest absolute Gasteiger partial charge is 0.466 e. The minimum absolute atomic E-state index is 0.0657. The van der Waals surface area contributed by atoms with Crippen molar-refractivity contribution in [3.8, 4) is 0 Å². The molecule has 0 N–H and O–H groups in total. The Morgan fingerprint density at radius 3 is 1.42 bits per heavy atom. The van der Waals surface area contributed by atoms with E-state index in [1.54, 1.807) is 0 Å². The number of carbonyl (C=O) groups is 4. The van der Waals surface area contributed by atoms with Crippen LogP contribution in [0.1, 0.15) is 98.3 Å². The topological polar surface area (TPSA) is 105 Å². The molecule has 180 valence electrons. The van der Waals surface area contributed by atoms with Crippen LogP contribution in [0.3, 0.4) is 0 Å². The zero-order valence-electron chi connectivity index (χ0n) is 19.7. The van der Waals surface area contributed by atoms with Gasteiger partial charge < -0.3 is 18.9 Å². The van der Waals surface area contributed by atoms with Crippen LogP contribution in [-0.2, 0) is 38.1 Å². The van der Waals surface area contributed by atoms with Gasteiger partial charge in [-0.15, -0.1) is 0 Å². The normalized spacial score (nSPS) is 11.0. The Bertz CT molecular complexity index is 520. The molecule has 0 saturated carbocycles. The monoisotopic (exact) mass is 444 g/mol. The molecule has 31 heavy (non-hydrogen) atoms. The van der Waals surface area contributed by atoms with E-state index in [1.165, 1.54) is 0 Å². The number of ether oxygens (including phenoxy) is 4. The van der Waals surface area contributed by atoms with Crippen LogP contribution in [0.4, 0.5) is 0 Å². The van der Waals surface area contributed by atoms with Gasteiger partial charge in [-0.1, -0.05) is 53.4 Å². The minimum atomic E-state index is -2.09. The highest BCUT2D eigenvalue weighted by atomic mass is 16.6. The Morgan fingerprint density at radius 2 is 1.00 bits per heavy atom. The van der Waals surface area contributed by atoms with E-state index < -0.39 is 42.3 Å². The summed E-state index contributed by atoms with van der Waals surface area (Å²) in [5.74, 6) is -3.06. The van der Waals surface area contributed by atoms with Crippen molar-refractivity contribution in [2.45, 2.75) is 104 Å². The van der Waals surface area contributed by atoms with Gasteiger partial charge in [0.1, 0.15) is 0 Å². The third-order valence-corrected chi connectivity index (χ3v) is 4.53. The fraction of sp³-hybridized carbons (Fsp3) is 0.826. The lowest BCUT2D eigenvalue weighted by atomic mass is 9.94. The van der Waals surface area contributed by atoms with Crippen LogP contribution in [0, 0.1) is 0 Å². The molecule has 0 radical (unpaired) electrons. The van der Waals surface area contributed by atoms with Gasteiger partial charge in [-0.05, 0) is 25.7 Å². The van der Waals surface area contributed by atoms with Crippen LogP contribution in [0.25, 0.3) is 0 Å². The molecule has 8 heteroatoms. The van der Waals surface area contributed by atoms with Crippen LogP contribution < -0.4 is 0 Å². The first-order chi connectivity index (χ1) is 14.8. The summed E-state index contributed by atoms with van der Waals surface area (Å²) in [7, 11) is 0. The van der Waals surface area contributed by atoms with Crippen LogP contribution in [0.15, 0.2) is 0 Å². The second-order valence-electron chi connectivity index (χ2n) is 7.56. The standard InChI is InChI=1S/C23H40O8/c1-5-9-13-19(24)31-23(22(27)30-16-12-8-4,17-20(25)28-14-10-6-2)18-21(26)29-15-11-7-3/h5-18H2,1-4H3. The quantitative estimate of drug-likeness (QED) is 0.175. The molecule has 0 fully saturated rings. The maximum Gasteiger partial charge on any atom is 0.351 e. The summed E-state index contributed by atoms with van der Waals surface area (Å²) in [5, 5.41) is 0. The smallest absolute Gasteiger partial charge is 0.351 e. The van der Waals surface area contributed by atoms with Crippen molar-refractivity contribution in [3.63, 3.8) is 0 Å². The lowest BCUT2D eigenvalue weighted by Gasteiger charge is -2.30. The number of hydrogen-bond acceptors (Lipinski definition) is 8. The van der Waals surface area contributed by atoms with Gasteiger partial charge in [-0.3, -0.25) is 14.4 Å². The maximum absolute atomic E-state index is 13.0. The predicted octanol–water partition coefficient (Wildman–Crippen LogP) is 4.27. The van der Waals surface area contributed by atoms with Gasteiger partial charge in [0.15, 0.2) is 0 Å². The molecule has 0 aliphatic carbocycles. The number of carbonyl (C=O) groups excluding carboxylic acids is 4. The van der Waals surface area contributed by atoms with Gasteiger partial charge in [-0.25, -0.2) is 4.79 Å². The first-order valence-electron chi connectivity index (χ1n) is 11.5. The van der Waals surface area contributed by atoms with E-state index in [4.69, 9.17) is 18.9 Å².